The van der Waals surface area contributed by atoms with Crippen molar-refractivity contribution in [2.45, 2.75) is 19.9 Å². The molecule has 1 aromatic heterocycles. The molecule has 2 rings (SSSR count). The third-order valence-electron chi connectivity index (χ3n) is 3.11. The highest BCUT2D eigenvalue weighted by molar-refractivity contribution is 9.11. The normalized spacial score (nSPS) is 11.0. The molecule has 0 unspecified atom stereocenters. The molecule has 0 saturated carbocycles. The van der Waals surface area contributed by atoms with Gasteiger partial charge in [-0.3, -0.25) is 0 Å². The average Bonchev–Trinajstić information content (AvgIpc) is 2.91. The van der Waals surface area contributed by atoms with Crippen LogP contribution in [0, 0.1) is 0 Å². The summed E-state index contributed by atoms with van der Waals surface area (Å²) in [7, 11) is 0. The molecule has 3 nitrogen and oxygen atoms in total. The highest BCUT2D eigenvalue weighted by Crippen LogP contribution is 2.31. The summed E-state index contributed by atoms with van der Waals surface area (Å²) in [6, 6.07) is 10.1. The lowest BCUT2D eigenvalue weighted by Crippen LogP contribution is -2.21. The van der Waals surface area contributed by atoms with Crippen molar-refractivity contribution in [2.75, 3.05) is 19.6 Å². The number of nitrogens with one attached hydrogen (secondary N) is 2. The minimum atomic E-state index is 0.764. The number of hydrogen-bond acceptors (Lipinski definition) is 3. The van der Waals surface area contributed by atoms with Crippen LogP contribution in [0.2, 0.25) is 0 Å². The van der Waals surface area contributed by atoms with E-state index in [1.165, 1.54) is 0 Å². The Morgan fingerprint density at radius 3 is 2.62 bits per heavy atom. The van der Waals surface area contributed by atoms with E-state index >= 15 is 0 Å². The highest BCUT2D eigenvalue weighted by atomic mass is 79.9. The summed E-state index contributed by atoms with van der Waals surface area (Å²) in [5.74, 6) is 1.85. The molecule has 114 valence electrons. The van der Waals surface area contributed by atoms with Gasteiger partial charge in [0.1, 0.15) is 11.5 Å². The Balaban J connectivity index is 1.86. The summed E-state index contributed by atoms with van der Waals surface area (Å²) < 4.78 is 7.97. The van der Waals surface area contributed by atoms with Crippen molar-refractivity contribution in [1.29, 1.82) is 0 Å². The lowest BCUT2D eigenvalue weighted by molar-refractivity contribution is 0.488. The molecule has 0 aliphatic carbocycles. The van der Waals surface area contributed by atoms with E-state index < -0.39 is 0 Å². The van der Waals surface area contributed by atoms with Crippen molar-refractivity contribution in [3.8, 4) is 11.3 Å². The zero-order valence-corrected chi connectivity index (χ0v) is 15.3. The van der Waals surface area contributed by atoms with Gasteiger partial charge in [-0.1, -0.05) is 22.9 Å². The molecule has 2 aromatic rings. The number of hydrogen-bond donors (Lipinski definition) is 2. The van der Waals surface area contributed by atoms with Crippen molar-refractivity contribution >= 4 is 31.9 Å². The van der Waals surface area contributed by atoms with E-state index in [0.717, 1.165) is 58.6 Å². The molecule has 0 fully saturated rings. The van der Waals surface area contributed by atoms with Crippen LogP contribution in [0.3, 0.4) is 0 Å². The molecule has 0 atom stereocenters. The second-order valence-electron chi connectivity index (χ2n) is 4.77. The fourth-order valence-electron chi connectivity index (χ4n) is 2.03. The summed E-state index contributed by atoms with van der Waals surface area (Å²) in [6.45, 7) is 5.96. The van der Waals surface area contributed by atoms with Gasteiger partial charge in [0, 0.05) is 14.5 Å². The second kappa shape index (κ2) is 8.73. The number of rotatable bonds is 8. The smallest absolute Gasteiger partial charge is 0.135 e. The zero-order valence-electron chi connectivity index (χ0n) is 12.1. The maximum absolute atomic E-state index is 5.89. The van der Waals surface area contributed by atoms with Gasteiger partial charge in [-0.05, 0) is 72.3 Å². The quantitative estimate of drug-likeness (QED) is 0.620. The van der Waals surface area contributed by atoms with Crippen molar-refractivity contribution in [3.05, 3.63) is 45.0 Å². The van der Waals surface area contributed by atoms with Crippen LogP contribution >= 0.6 is 31.9 Å². The van der Waals surface area contributed by atoms with Crippen molar-refractivity contribution < 1.29 is 4.42 Å². The average molecular weight is 416 g/mol. The highest BCUT2D eigenvalue weighted by Gasteiger charge is 2.08. The van der Waals surface area contributed by atoms with E-state index in [0.29, 0.717) is 0 Å². The van der Waals surface area contributed by atoms with Gasteiger partial charge >= 0.3 is 0 Å². The Bertz CT molecular complexity index is 569. The molecular weight excluding hydrogens is 396 g/mol. The summed E-state index contributed by atoms with van der Waals surface area (Å²) >= 11 is 7.03. The molecule has 21 heavy (non-hydrogen) atoms. The minimum Gasteiger partial charge on any atom is -0.460 e. The topological polar surface area (TPSA) is 37.2 Å². The Hall–Kier alpha value is -0.620. The Labute approximate surface area is 142 Å². The van der Waals surface area contributed by atoms with Crippen LogP contribution in [0.1, 0.15) is 19.1 Å². The molecule has 0 amide bonds. The first kappa shape index (κ1) is 16.7. The van der Waals surface area contributed by atoms with Gasteiger partial charge < -0.3 is 15.1 Å². The SMILES string of the molecule is CCNCCCNCc1ccc(-c2ccc(Br)cc2Br)o1. The first-order valence-corrected chi connectivity index (χ1v) is 8.75. The van der Waals surface area contributed by atoms with E-state index in [-0.39, 0.29) is 0 Å². The molecule has 0 bridgehead atoms. The molecule has 0 aliphatic rings. The largest absolute Gasteiger partial charge is 0.460 e. The second-order valence-corrected chi connectivity index (χ2v) is 6.54. The van der Waals surface area contributed by atoms with Crippen LogP contribution in [0.5, 0.6) is 0 Å². The van der Waals surface area contributed by atoms with E-state index in [1.54, 1.807) is 0 Å². The van der Waals surface area contributed by atoms with Crippen LogP contribution in [0.15, 0.2) is 43.7 Å². The predicted molar refractivity (Wildman–Crippen MR) is 94.4 cm³/mol. The van der Waals surface area contributed by atoms with Crippen LogP contribution in [0.4, 0.5) is 0 Å². The Morgan fingerprint density at radius 2 is 1.86 bits per heavy atom. The lowest BCUT2D eigenvalue weighted by Gasteiger charge is -2.04. The Morgan fingerprint density at radius 1 is 1.05 bits per heavy atom. The summed E-state index contributed by atoms with van der Waals surface area (Å²) in [4.78, 5) is 0. The standard InChI is InChI=1S/C16H20Br2N2O/c1-2-19-8-3-9-20-11-13-5-7-16(21-13)14-6-4-12(17)10-15(14)18/h4-7,10,19-20H,2-3,8-9,11H2,1H3. The molecule has 0 aliphatic heterocycles. The minimum absolute atomic E-state index is 0.764. The third kappa shape index (κ3) is 5.25. The maximum atomic E-state index is 5.89. The van der Waals surface area contributed by atoms with E-state index in [9.17, 15) is 0 Å². The molecule has 0 radical (unpaired) electrons. The molecule has 2 N–H and O–H groups in total. The van der Waals surface area contributed by atoms with Gasteiger partial charge in [-0.25, -0.2) is 0 Å². The van der Waals surface area contributed by atoms with Gasteiger partial charge in [0.2, 0.25) is 0 Å². The third-order valence-corrected chi connectivity index (χ3v) is 4.26. The fourth-order valence-corrected chi connectivity index (χ4v) is 3.28. The number of furan rings is 1. The van der Waals surface area contributed by atoms with E-state index in [4.69, 9.17) is 4.42 Å². The van der Waals surface area contributed by atoms with Gasteiger partial charge in [0.25, 0.3) is 0 Å². The molecule has 5 heteroatoms. The van der Waals surface area contributed by atoms with Gasteiger partial charge in [0.15, 0.2) is 0 Å². The predicted octanol–water partition coefficient (Wildman–Crippen LogP) is 4.56. The van der Waals surface area contributed by atoms with Crippen molar-refractivity contribution in [2.24, 2.45) is 0 Å². The van der Waals surface area contributed by atoms with Crippen LogP contribution in [0.25, 0.3) is 11.3 Å². The molecular formula is C16H20Br2N2O. The first-order valence-electron chi connectivity index (χ1n) is 7.16. The molecule has 1 aromatic carbocycles. The van der Waals surface area contributed by atoms with Gasteiger partial charge in [-0.15, -0.1) is 0 Å². The first-order chi connectivity index (χ1) is 10.2. The number of halogens is 2. The van der Waals surface area contributed by atoms with Gasteiger partial charge in [0.05, 0.1) is 6.54 Å². The van der Waals surface area contributed by atoms with Gasteiger partial charge in [-0.2, -0.15) is 0 Å². The molecule has 1 heterocycles. The summed E-state index contributed by atoms with van der Waals surface area (Å²) in [6.07, 6.45) is 1.12. The van der Waals surface area contributed by atoms with Crippen LogP contribution < -0.4 is 10.6 Å². The fraction of sp³-hybridized carbons (Fsp3) is 0.375. The maximum Gasteiger partial charge on any atom is 0.135 e. The lowest BCUT2D eigenvalue weighted by atomic mass is 10.2. The zero-order chi connectivity index (χ0) is 15.1. The summed E-state index contributed by atoms with van der Waals surface area (Å²) in [5, 5.41) is 6.71. The van der Waals surface area contributed by atoms with Crippen LogP contribution in [-0.4, -0.2) is 19.6 Å². The van der Waals surface area contributed by atoms with E-state index in [2.05, 4.69) is 49.4 Å². The Kier molecular flexibility index (Phi) is 6.96. The van der Waals surface area contributed by atoms with E-state index in [1.807, 2.05) is 30.3 Å². The van der Waals surface area contributed by atoms with Crippen molar-refractivity contribution in [1.82, 2.24) is 10.6 Å². The number of benzene rings is 1. The van der Waals surface area contributed by atoms with Crippen LogP contribution in [-0.2, 0) is 6.54 Å². The van der Waals surface area contributed by atoms with Crippen molar-refractivity contribution in [3.63, 3.8) is 0 Å². The molecule has 0 spiro atoms. The summed E-state index contributed by atoms with van der Waals surface area (Å²) in [5.41, 5.74) is 1.07. The molecule has 0 saturated heterocycles. The monoisotopic (exact) mass is 414 g/mol.